The molecule has 19 heavy (non-hydrogen) atoms. The fourth-order valence-electron chi connectivity index (χ4n) is 2.63. The van der Waals surface area contributed by atoms with Crippen LogP contribution in [0.1, 0.15) is 36.6 Å². The van der Waals surface area contributed by atoms with Crippen LogP contribution in [0.3, 0.4) is 0 Å². The van der Waals surface area contributed by atoms with Crippen LogP contribution in [-0.2, 0) is 6.42 Å². The lowest BCUT2D eigenvalue weighted by atomic mass is 10.1. The molecule has 98 valence electrons. The third-order valence-corrected chi connectivity index (χ3v) is 3.67. The fourth-order valence-corrected chi connectivity index (χ4v) is 2.63. The highest BCUT2D eigenvalue weighted by Gasteiger charge is 2.19. The number of aryl methyl sites for hydroxylation is 1. The summed E-state index contributed by atoms with van der Waals surface area (Å²) in [6.45, 7) is 0. The summed E-state index contributed by atoms with van der Waals surface area (Å²) in [5.41, 5.74) is 3.27. The van der Waals surface area contributed by atoms with E-state index in [1.54, 1.807) is 6.20 Å². The topological polar surface area (TPSA) is 50.7 Å². The minimum Gasteiger partial charge on any atom is -0.313 e. The van der Waals surface area contributed by atoms with E-state index < -0.39 is 0 Å². The van der Waals surface area contributed by atoms with E-state index in [-0.39, 0.29) is 0 Å². The van der Waals surface area contributed by atoms with Gasteiger partial charge in [0.05, 0.1) is 0 Å². The molecule has 1 unspecified atom stereocenters. The monoisotopic (exact) mass is 254 g/mol. The van der Waals surface area contributed by atoms with Crippen molar-refractivity contribution in [3.8, 4) is 11.5 Å². The van der Waals surface area contributed by atoms with Crippen molar-refractivity contribution in [3.05, 3.63) is 41.9 Å². The summed E-state index contributed by atoms with van der Waals surface area (Å²) < 4.78 is 0. The Bertz CT molecular complexity index is 553. The summed E-state index contributed by atoms with van der Waals surface area (Å²) in [4.78, 5) is 13.5. The fraction of sp³-hybridized carbons (Fsp3) is 0.400. The number of fused-ring (bicyclic) bond motifs is 1. The maximum atomic E-state index is 4.73. The van der Waals surface area contributed by atoms with E-state index in [0.29, 0.717) is 6.04 Å². The molecule has 1 atom stereocenters. The molecule has 0 saturated carbocycles. The van der Waals surface area contributed by atoms with Crippen LogP contribution in [0.4, 0.5) is 0 Å². The van der Waals surface area contributed by atoms with E-state index in [2.05, 4.69) is 15.3 Å². The van der Waals surface area contributed by atoms with E-state index in [0.717, 1.165) is 24.4 Å². The first-order valence-corrected chi connectivity index (χ1v) is 6.83. The van der Waals surface area contributed by atoms with E-state index >= 15 is 0 Å². The third-order valence-electron chi connectivity index (χ3n) is 3.67. The molecule has 1 N–H and O–H groups in total. The van der Waals surface area contributed by atoms with Crippen LogP contribution in [0.15, 0.2) is 30.6 Å². The van der Waals surface area contributed by atoms with Crippen molar-refractivity contribution in [1.82, 2.24) is 20.3 Å². The molecule has 3 rings (SSSR count). The lowest BCUT2D eigenvalue weighted by Gasteiger charge is -2.16. The number of hydrogen-bond acceptors (Lipinski definition) is 4. The zero-order chi connectivity index (χ0) is 13.1. The first-order chi connectivity index (χ1) is 9.38. The Kier molecular flexibility index (Phi) is 3.51. The van der Waals surface area contributed by atoms with Gasteiger partial charge >= 0.3 is 0 Å². The van der Waals surface area contributed by atoms with Gasteiger partial charge in [0.1, 0.15) is 5.69 Å². The summed E-state index contributed by atoms with van der Waals surface area (Å²) >= 11 is 0. The first kappa shape index (κ1) is 12.2. The van der Waals surface area contributed by atoms with Crippen LogP contribution in [0, 0.1) is 0 Å². The van der Waals surface area contributed by atoms with Crippen LogP contribution in [0.25, 0.3) is 11.5 Å². The van der Waals surface area contributed by atoms with E-state index in [4.69, 9.17) is 4.98 Å². The number of aromatic nitrogens is 3. The zero-order valence-corrected chi connectivity index (χ0v) is 11.1. The second kappa shape index (κ2) is 5.45. The molecule has 0 amide bonds. The molecule has 2 heterocycles. The molecule has 4 heteroatoms. The number of pyridine rings is 1. The summed E-state index contributed by atoms with van der Waals surface area (Å²) in [5.74, 6) is 0.733. The van der Waals surface area contributed by atoms with Gasteiger partial charge in [-0.1, -0.05) is 12.5 Å². The van der Waals surface area contributed by atoms with Gasteiger partial charge in [-0.3, -0.25) is 4.98 Å². The summed E-state index contributed by atoms with van der Waals surface area (Å²) in [5, 5.41) is 3.36. The van der Waals surface area contributed by atoms with Crippen LogP contribution >= 0.6 is 0 Å². The molecule has 4 nitrogen and oxygen atoms in total. The largest absolute Gasteiger partial charge is 0.313 e. The highest BCUT2D eigenvalue weighted by molar-refractivity contribution is 5.49. The average Bonchev–Trinajstić information content (AvgIpc) is 2.69. The van der Waals surface area contributed by atoms with Gasteiger partial charge < -0.3 is 5.32 Å². The van der Waals surface area contributed by atoms with E-state index in [1.807, 2.05) is 31.4 Å². The second-order valence-corrected chi connectivity index (χ2v) is 4.90. The smallest absolute Gasteiger partial charge is 0.178 e. The maximum Gasteiger partial charge on any atom is 0.178 e. The van der Waals surface area contributed by atoms with Crippen molar-refractivity contribution in [2.75, 3.05) is 7.05 Å². The number of nitrogens with zero attached hydrogens (tertiary/aromatic N) is 3. The normalized spacial score (nSPS) is 18.7. The van der Waals surface area contributed by atoms with Gasteiger partial charge in [-0.15, -0.1) is 0 Å². The van der Waals surface area contributed by atoms with Gasteiger partial charge in [0.2, 0.25) is 0 Å². The average molecular weight is 254 g/mol. The van der Waals surface area contributed by atoms with Crippen LogP contribution in [-0.4, -0.2) is 22.0 Å². The van der Waals surface area contributed by atoms with Gasteiger partial charge in [0.25, 0.3) is 0 Å². The minimum absolute atomic E-state index is 0.385. The molecule has 0 spiro atoms. The highest BCUT2D eigenvalue weighted by Crippen LogP contribution is 2.27. The second-order valence-electron chi connectivity index (χ2n) is 4.90. The van der Waals surface area contributed by atoms with Crippen LogP contribution in [0.5, 0.6) is 0 Å². The predicted molar refractivity (Wildman–Crippen MR) is 74.6 cm³/mol. The van der Waals surface area contributed by atoms with E-state index in [1.165, 1.54) is 24.1 Å². The van der Waals surface area contributed by atoms with Crippen molar-refractivity contribution in [1.29, 1.82) is 0 Å². The highest BCUT2D eigenvalue weighted by atomic mass is 14.9. The lowest BCUT2D eigenvalue weighted by molar-refractivity contribution is 0.532. The van der Waals surface area contributed by atoms with Crippen molar-refractivity contribution < 1.29 is 0 Å². The Morgan fingerprint density at radius 3 is 2.95 bits per heavy atom. The Morgan fingerprint density at radius 1 is 1.21 bits per heavy atom. The van der Waals surface area contributed by atoms with Gasteiger partial charge in [-0.2, -0.15) is 0 Å². The standard InChI is InChI=1S/C15H18N4/c1-16-12-6-2-3-7-13-11(12)10-18-15(19-13)14-8-4-5-9-17-14/h4-5,8-10,12,16H,2-3,6-7H2,1H3. The molecule has 0 bridgehead atoms. The molecule has 0 fully saturated rings. The third kappa shape index (κ3) is 2.49. The molecule has 1 aliphatic carbocycles. The molecule has 0 radical (unpaired) electrons. The Hall–Kier alpha value is -1.81. The molecule has 0 saturated heterocycles. The lowest BCUT2D eigenvalue weighted by Crippen LogP contribution is -2.17. The number of nitrogens with one attached hydrogen (secondary N) is 1. The quantitative estimate of drug-likeness (QED) is 0.837. The molecular formula is C15H18N4. The van der Waals surface area contributed by atoms with Crippen molar-refractivity contribution in [2.45, 2.75) is 31.7 Å². The van der Waals surface area contributed by atoms with Crippen LogP contribution < -0.4 is 5.32 Å². The maximum absolute atomic E-state index is 4.73. The number of rotatable bonds is 2. The first-order valence-electron chi connectivity index (χ1n) is 6.83. The van der Waals surface area contributed by atoms with Crippen molar-refractivity contribution in [3.63, 3.8) is 0 Å². The van der Waals surface area contributed by atoms with Crippen molar-refractivity contribution >= 4 is 0 Å². The molecule has 0 aliphatic heterocycles. The molecule has 2 aromatic rings. The Morgan fingerprint density at radius 2 is 2.16 bits per heavy atom. The van der Waals surface area contributed by atoms with Crippen molar-refractivity contribution in [2.24, 2.45) is 0 Å². The summed E-state index contributed by atoms with van der Waals surface area (Å²) in [7, 11) is 2.01. The SMILES string of the molecule is CNC1CCCCc2nc(-c3ccccn3)ncc21. The molecule has 0 aromatic carbocycles. The van der Waals surface area contributed by atoms with Gasteiger partial charge in [-0.05, 0) is 38.4 Å². The minimum atomic E-state index is 0.385. The summed E-state index contributed by atoms with van der Waals surface area (Å²) in [6, 6.07) is 6.21. The number of hydrogen-bond donors (Lipinski definition) is 1. The Balaban J connectivity index is 2.01. The van der Waals surface area contributed by atoms with E-state index in [9.17, 15) is 0 Å². The van der Waals surface area contributed by atoms with Crippen LogP contribution in [0.2, 0.25) is 0 Å². The molecular weight excluding hydrogens is 236 g/mol. The van der Waals surface area contributed by atoms with Gasteiger partial charge in [-0.25, -0.2) is 9.97 Å². The molecule has 1 aliphatic rings. The Labute approximate surface area is 113 Å². The summed E-state index contributed by atoms with van der Waals surface area (Å²) in [6.07, 6.45) is 8.38. The zero-order valence-electron chi connectivity index (χ0n) is 11.1. The van der Waals surface area contributed by atoms with Gasteiger partial charge in [0.15, 0.2) is 5.82 Å². The van der Waals surface area contributed by atoms with Gasteiger partial charge in [0, 0.05) is 29.7 Å². The predicted octanol–water partition coefficient (Wildman–Crippen LogP) is 2.53. The molecule has 2 aromatic heterocycles.